The van der Waals surface area contributed by atoms with Gasteiger partial charge in [0.1, 0.15) is 0 Å². The van der Waals surface area contributed by atoms with Crippen molar-refractivity contribution in [1.29, 1.82) is 0 Å². The molecule has 0 saturated carbocycles. The molecule has 0 saturated heterocycles. The Bertz CT molecular complexity index is 327. The minimum atomic E-state index is -0.977. The molecule has 1 aliphatic rings. The van der Waals surface area contributed by atoms with Gasteiger partial charge in [-0.15, -0.1) is 0 Å². The summed E-state index contributed by atoms with van der Waals surface area (Å²) in [7, 11) is 0. The summed E-state index contributed by atoms with van der Waals surface area (Å²) in [5.41, 5.74) is 11.5. The van der Waals surface area contributed by atoms with Gasteiger partial charge in [-0.1, -0.05) is 0 Å². The molecule has 1 atom stereocenters. The SMILES string of the molecule is Cc1ccc2c(c1)N[NH+](I(C)I)[N-]2. The molecule has 0 amide bonds. The van der Waals surface area contributed by atoms with Gasteiger partial charge in [-0.3, -0.25) is 0 Å². The van der Waals surface area contributed by atoms with Gasteiger partial charge >= 0.3 is 95.9 Å². The van der Waals surface area contributed by atoms with Crippen molar-refractivity contribution < 1.29 is 3.33 Å². The topological polar surface area (TPSA) is 30.6 Å². The van der Waals surface area contributed by atoms with E-state index in [1.807, 2.05) is 0 Å². The number of aryl methyl sites for hydroxylation is 1. The van der Waals surface area contributed by atoms with Crippen molar-refractivity contribution >= 4 is 46.1 Å². The molecule has 2 N–H and O–H groups in total. The van der Waals surface area contributed by atoms with Crippen molar-refractivity contribution in [2.75, 3.05) is 10.4 Å². The van der Waals surface area contributed by atoms with E-state index in [0.29, 0.717) is 0 Å². The number of fused-ring (bicyclic) bond motifs is 1. The summed E-state index contributed by atoms with van der Waals surface area (Å²) in [6, 6.07) is 6.34. The second-order valence-electron chi connectivity index (χ2n) is 2.95. The summed E-state index contributed by atoms with van der Waals surface area (Å²) in [6.07, 6.45) is 0. The van der Waals surface area contributed by atoms with Gasteiger partial charge in [0.25, 0.3) is 0 Å². The van der Waals surface area contributed by atoms with E-state index in [0.717, 1.165) is 5.69 Å². The molecule has 5 heteroatoms. The molecule has 72 valence electrons. The molecule has 0 fully saturated rings. The van der Waals surface area contributed by atoms with Crippen LogP contribution in [0.25, 0.3) is 5.43 Å². The Morgan fingerprint density at radius 2 is 2.31 bits per heavy atom. The third-order valence-electron chi connectivity index (χ3n) is 1.86. The van der Waals surface area contributed by atoms with Crippen LogP contribution in [0.1, 0.15) is 5.56 Å². The molecule has 1 aliphatic heterocycles. The Labute approximate surface area is 95.1 Å². The first kappa shape index (κ1) is 9.78. The van der Waals surface area contributed by atoms with E-state index in [1.54, 1.807) is 0 Å². The normalized spacial score (nSPS) is 20.2. The number of benzene rings is 1. The van der Waals surface area contributed by atoms with Gasteiger partial charge in [0.2, 0.25) is 0 Å². The number of alkyl halides is 1. The van der Waals surface area contributed by atoms with Gasteiger partial charge in [-0.05, 0) is 0 Å². The molecule has 2 rings (SSSR count). The second kappa shape index (κ2) is 3.77. The van der Waals surface area contributed by atoms with Crippen LogP contribution in [0.2, 0.25) is 0 Å². The summed E-state index contributed by atoms with van der Waals surface area (Å²) in [4.78, 5) is 2.29. The van der Waals surface area contributed by atoms with Gasteiger partial charge in [-0.2, -0.15) is 0 Å². The summed E-state index contributed by atoms with van der Waals surface area (Å²) >= 11 is 1.54. The van der Waals surface area contributed by atoms with E-state index < -0.39 is 16.1 Å². The van der Waals surface area contributed by atoms with E-state index in [-0.39, 0.29) is 0 Å². The molecule has 0 bridgehead atoms. The summed E-state index contributed by atoms with van der Waals surface area (Å²) in [5, 5.41) is 0. The monoisotopic (exact) mass is 403 g/mol. The zero-order valence-electron chi connectivity index (χ0n) is 7.44. The van der Waals surface area contributed by atoms with Crippen LogP contribution < -0.4 is 8.76 Å². The fourth-order valence-corrected chi connectivity index (χ4v) is 3.77. The average Bonchev–Trinajstić information content (AvgIpc) is 2.46. The molecule has 1 aromatic rings. The first-order chi connectivity index (χ1) is 6.16. The third-order valence-corrected chi connectivity index (χ3v) is 6.36. The number of nitrogens with zero attached hydrogens (tertiary/aromatic N) is 1. The van der Waals surface area contributed by atoms with Crippen LogP contribution in [0, 0.1) is 6.92 Å². The van der Waals surface area contributed by atoms with E-state index in [4.69, 9.17) is 0 Å². The van der Waals surface area contributed by atoms with E-state index in [2.05, 4.69) is 59.5 Å². The van der Waals surface area contributed by atoms with Gasteiger partial charge in [-0.25, -0.2) is 0 Å². The number of hydrogen-bond donors (Lipinski definition) is 2. The molecule has 0 spiro atoms. The Morgan fingerprint density at radius 3 is 3.00 bits per heavy atom. The Hall–Kier alpha value is 0.240. The first-order valence-electron chi connectivity index (χ1n) is 3.90. The van der Waals surface area contributed by atoms with Crippen LogP contribution in [0.5, 0.6) is 0 Å². The Morgan fingerprint density at radius 1 is 1.54 bits per heavy atom. The van der Waals surface area contributed by atoms with Gasteiger partial charge in [0, 0.05) is 0 Å². The second-order valence-corrected chi connectivity index (χ2v) is 14.5. The number of halogens is 2. The molecule has 0 aromatic heterocycles. The molecule has 0 aliphatic carbocycles. The van der Waals surface area contributed by atoms with Crippen molar-refractivity contribution in [2.24, 2.45) is 0 Å². The molecular weight excluding hydrogens is 392 g/mol. The standard InChI is InChI=1S/C8H11I2N3/c1-6-3-4-7-8(5-6)12-13(11-7)10(2)9/h3-5,12-13H,1-2H3. The van der Waals surface area contributed by atoms with Gasteiger partial charge in [0.05, 0.1) is 0 Å². The van der Waals surface area contributed by atoms with Crippen LogP contribution in [0.3, 0.4) is 0 Å². The minimum absolute atomic E-state index is 0.977. The fraction of sp³-hybridized carbons (Fsp3) is 0.250. The predicted octanol–water partition coefficient (Wildman–Crippen LogP) is 2.54. The maximum atomic E-state index is 4.56. The van der Waals surface area contributed by atoms with Crippen LogP contribution in [-0.2, 0) is 0 Å². The number of quaternary nitrogens is 1. The van der Waals surface area contributed by atoms with Crippen LogP contribution in [0.4, 0.5) is 11.4 Å². The molecule has 1 heterocycles. The van der Waals surface area contributed by atoms with Crippen LogP contribution in [-0.4, -0.2) is 4.93 Å². The number of nitrogens with one attached hydrogen (secondary N) is 2. The van der Waals surface area contributed by atoms with Crippen molar-refractivity contribution in [3.8, 4) is 0 Å². The van der Waals surface area contributed by atoms with Gasteiger partial charge < -0.3 is 0 Å². The Balaban J connectivity index is 2.25. The van der Waals surface area contributed by atoms with Crippen LogP contribution >= 0.6 is 34.7 Å². The number of anilines is 1. The summed E-state index contributed by atoms with van der Waals surface area (Å²) in [6.45, 7) is 2.10. The number of hydrogen-bond acceptors (Lipinski definition) is 1. The molecule has 1 aromatic carbocycles. The molecule has 3 nitrogen and oxygen atoms in total. The van der Waals surface area contributed by atoms with Crippen molar-refractivity contribution in [1.82, 2.24) is 0 Å². The van der Waals surface area contributed by atoms with Gasteiger partial charge in [0.15, 0.2) is 0 Å². The van der Waals surface area contributed by atoms with Crippen LogP contribution in [0.15, 0.2) is 18.2 Å². The Kier molecular flexibility index (Phi) is 2.84. The molecule has 13 heavy (non-hydrogen) atoms. The zero-order chi connectivity index (χ0) is 9.42. The fourth-order valence-electron chi connectivity index (χ4n) is 1.22. The molecule has 1 unspecified atom stereocenters. The maximum absolute atomic E-state index is 4.56. The summed E-state index contributed by atoms with van der Waals surface area (Å²) < 4.78 is 1.21. The number of rotatable bonds is 1. The molecular formula is C8H11I2N3. The van der Waals surface area contributed by atoms with Crippen molar-refractivity contribution in [3.05, 3.63) is 29.2 Å². The zero-order valence-corrected chi connectivity index (χ0v) is 11.8. The third kappa shape index (κ3) is 2.01. The van der Waals surface area contributed by atoms with E-state index in [1.165, 1.54) is 14.6 Å². The van der Waals surface area contributed by atoms with E-state index in [9.17, 15) is 0 Å². The van der Waals surface area contributed by atoms with Crippen molar-refractivity contribution in [2.45, 2.75) is 6.92 Å². The first-order valence-corrected chi connectivity index (χ1v) is 13.4. The molecule has 0 radical (unpaired) electrons. The quantitative estimate of drug-likeness (QED) is 0.422. The van der Waals surface area contributed by atoms with Crippen molar-refractivity contribution in [3.63, 3.8) is 0 Å². The predicted molar refractivity (Wildman–Crippen MR) is 72.7 cm³/mol. The average molecular weight is 403 g/mol. The summed E-state index contributed by atoms with van der Waals surface area (Å²) in [5.74, 6) is 0. The van der Waals surface area contributed by atoms with E-state index >= 15 is 0 Å².